The van der Waals surface area contributed by atoms with Crippen molar-refractivity contribution in [3.63, 3.8) is 0 Å². The molecule has 0 aliphatic heterocycles. The normalized spacial score (nSPS) is 11.8. The van der Waals surface area contributed by atoms with E-state index in [-0.39, 0.29) is 5.82 Å². The van der Waals surface area contributed by atoms with Crippen molar-refractivity contribution >= 4 is 5.71 Å². The number of hydrogen-bond acceptors (Lipinski definition) is 1. The Morgan fingerprint density at radius 3 is 2.36 bits per heavy atom. The smallest absolute Gasteiger partial charge is 0.123 e. The molecule has 0 heterocycles. The molecule has 2 rings (SSSR count). The van der Waals surface area contributed by atoms with E-state index in [0.717, 1.165) is 17.6 Å². The highest BCUT2D eigenvalue weighted by Gasteiger charge is 2.07. The largest absolute Gasteiger partial charge is 0.300 e. The number of halogens is 1. The van der Waals surface area contributed by atoms with E-state index in [1.54, 1.807) is 12.1 Å². The number of allylic oxidation sites excluding steroid dienone is 2. The molecule has 0 aliphatic carbocycles. The van der Waals surface area contributed by atoms with Gasteiger partial charge in [-0.05, 0) is 65.8 Å². The van der Waals surface area contributed by atoms with Gasteiger partial charge < -0.3 is 5.41 Å². The molecule has 0 radical (unpaired) electrons. The molecule has 1 nitrogen and oxygen atoms in total. The van der Waals surface area contributed by atoms with E-state index in [4.69, 9.17) is 5.41 Å². The van der Waals surface area contributed by atoms with Crippen LogP contribution in [0.3, 0.4) is 0 Å². The van der Waals surface area contributed by atoms with Gasteiger partial charge in [-0.3, -0.25) is 0 Å². The van der Waals surface area contributed by atoms with Crippen LogP contribution in [0.1, 0.15) is 43.4 Å². The molecule has 1 N–H and O–H groups in total. The Morgan fingerprint density at radius 1 is 1.09 bits per heavy atom. The Balaban J connectivity index is 2.16. The average Bonchev–Trinajstić information content (AvgIpc) is 2.52. The van der Waals surface area contributed by atoms with Crippen LogP contribution in [0.4, 0.5) is 4.39 Å². The van der Waals surface area contributed by atoms with Gasteiger partial charge in [0, 0.05) is 0 Å². The lowest BCUT2D eigenvalue weighted by atomic mass is 9.94. The first-order chi connectivity index (χ1) is 10.5. The molecule has 0 fully saturated rings. The van der Waals surface area contributed by atoms with Crippen LogP contribution >= 0.6 is 0 Å². The summed E-state index contributed by atoms with van der Waals surface area (Å²) in [5, 5.41) is 8.22. The van der Waals surface area contributed by atoms with Crippen LogP contribution in [-0.4, -0.2) is 5.71 Å². The van der Waals surface area contributed by atoms with Gasteiger partial charge >= 0.3 is 0 Å². The zero-order valence-electron chi connectivity index (χ0n) is 13.4. The molecule has 0 aliphatic rings. The highest BCUT2D eigenvalue weighted by Crippen LogP contribution is 2.20. The predicted octanol–water partition coefficient (Wildman–Crippen LogP) is 5.51. The third-order valence-corrected chi connectivity index (χ3v) is 3.83. The quantitative estimate of drug-likeness (QED) is 0.704. The Labute approximate surface area is 132 Å². The maximum Gasteiger partial charge on any atom is 0.123 e. The van der Waals surface area contributed by atoms with Gasteiger partial charge in [-0.15, -0.1) is 0 Å². The van der Waals surface area contributed by atoms with Gasteiger partial charge in [0.05, 0.1) is 5.71 Å². The van der Waals surface area contributed by atoms with E-state index in [9.17, 15) is 4.39 Å². The van der Waals surface area contributed by atoms with E-state index < -0.39 is 0 Å². The first-order valence-corrected chi connectivity index (χ1v) is 7.58. The van der Waals surface area contributed by atoms with E-state index in [2.05, 4.69) is 44.2 Å². The molecule has 0 aromatic heterocycles. The Bertz CT molecular complexity index is 681. The first kappa shape index (κ1) is 16.2. The van der Waals surface area contributed by atoms with Crippen molar-refractivity contribution in [3.8, 4) is 0 Å². The lowest BCUT2D eigenvalue weighted by molar-refractivity contribution is 0.628. The van der Waals surface area contributed by atoms with Crippen molar-refractivity contribution in [1.82, 2.24) is 0 Å². The summed E-state index contributed by atoms with van der Waals surface area (Å²) < 4.78 is 13.0. The Hall–Kier alpha value is -2.22. The number of benzene rings is 2. The molecule has 0 unspecified atom stereocenters. The molecule has 0 bridgehead atoms. The van der Waals surface area contributed by atoms with Crippen molar-refractivity contribution in [1.29, 1.82) is 5.41 Å². The Morgan fingerprint density at radius 2 is 1.73 bits per heavy atom. The predicted molar refractivity (Wildman–Crippen MR) is 91.2 cm³/mol. The van der Waals surface area contributed by atoms with E-state index in [1.165, 1.54) is 23.3 Å². The van der Waals surface area contributed by atoms with Gasteiger partial charge in [0.1, 0.15) is 5.82 Å². The molecular weight excluding hydrogens is 273 g/mol. The van der Waals surface area contributed by atoms with Crippen LogP contribution in [0, 0.1) is 11.2 Å². The lowest BCUT2D eigenvalue weighted by Gasteiger charge is -2.11. The zero-order chi connectivity index (χ0) is 16.1. The fraction of sp³-hybridized carbons (Fsp3) is 0.250. The van der Waals surface area contributed by atoms with Crippen LogP contribution in [0.15, 0.2) is 60.2 Å². The van der Waals surface area contributed by atoms with Crippen LogP contribution in [-0.2, 0) is 6.42 Å². The molecule has 0 atom stereocenters. The van der Waals surface area contributed by atoms with Crippen molar-refractivity contribution in [3.05, 3.63) is 82.7 Å². The molecule has 2 heteroatoms. The van der Waals surface area contributed by atoms with Crippen LogP contribution in [0.2, 0.25) is 0 Å². The molecule has 22 heavy (non-hydrogen) atoms. The molecule has 0 amide bonds. The summed E-state index contributed by atoms with van der Waals surface area (Å²) in [7, 11) is 0. The second-order valence-corrected chi connectivity index (χ2v) is 5.83. The van der Waals surface area contributed by atoms with Crippen LogP contribution in [0.25, 0.3) is 0 Å². The summed E-state index contributed by atoms with van der Waals surface area (Å²) >= 11 is 0. The van der Waals surface area contributed by atoms with Crippen molar-refractivity contribution in [2.75, 3.05) is 0 Å². The Kier molecular flexibility index (Phi) is 5.26. The van der Waals surface area contributed by atoms with Crippen molar-refractivity contribution in [2.24, 2.45) is 0 Å². The summed E-state index contributed by atoms with van der Waals surface area (Å²) in [6, 6.07) is 14.5. The highest BCUT2D eigenvalue weighted by molar-refractivity contribution is 6.10. The molecule has 0 spiro atoms. The fourth-order valence-corrected chi connectivity index (χ4v) is 2.49. The highest BCUT2D eigenvalue weighted by atomic mass is 19.1. The summed E-state index contributed by atoms with van der Waals surface area (Å²) in [6.45, 7) is 6.32. The summed E-state index contributed by atoms with van der Waals surface area (Å²) in [6.07, 6.45) is 2.89. The molecule has 0 saturated heterocycles. The van der Waals surface area contributed by atoms with Gasteiger partial charge in [-0.25, -0.2) is 4.39 Å². The van der Waals surface area contributed by atoms with E-state index in [1.807, 2.05) is 6.92 Å². The van der Waals surface area contributed by atoms with Gasteiger partial charge in [0.25, 0.3) is 0 Å². The van der Waals surface area contributed by atoms with Gasteiger partial charge in [-0.2, -0.15) is 0 Å². The summed E-state index contributed by atoms with van der Waals surface area (Å²) in [5.74, 6) is 0.213. The van der Waals surface area contributed by atoms with E-state index >= 15 is 0 Å². The topological polar surface area (TPSA) is 23.9 Å². The molecule has 2 aromatic carbocycles. The first-order valence-electron chi connectivity index (χ1n) is 7.58. The SMILES string of the molecule is C/C(=C/Cc1ccccc1C(C)C)C(=N)c1ccc(F)cc1. The number of nitrogens with one attached hydrogen (secondary N) is 1. The minimum Gasteiger partial charge on any atom is -0.300 e. The third-order valence-electron chi connectivity index (χ3n) is 3.83. The van der Waals surface area contributed by atoms with Crippen molar-refractivity contribution < 1.29 is 4.39 Å². The van der Waals surface area contributed by atoms with Gasteiger partial charge in [0.15, 0.2) is 0 Å². The third kappa shape index (κ3) is 3.91. The van der Waals surface area contributed by atoms with Crippen LogP contribution < -0.4 is 0 Å². The minimum absolute atomic E-state index is 0.274. The second kappa shape index (κ2) is 7.17. The molecular formula is C20H22FN. The number of rotatable bonds is 5. The maximum atomic E-state index is 13.0. The summed E-state index contributed by atoms with van der Waals surface area (Å²) in [4.78, 5) is 0. The monoisotopic (exact) mass is 295 g/mol. The standard InChI is InChI=1S/C20H22FN/c1-14(2)19-7-5-4-6-16(19)9-8-15(3)20(22)17-10-12-18(21)13-11-17/h4-8,10-14,22H,9H2,1-3H3/b15-8-,22-20?. The molecule has 2 aromatic rings. The van der Waals surface area contributed by atoms with Gasteiger partial charge in [0.2, 0.25) is 0 Å². The second-order valence-electron chi connectivity index (χ2n) is 5.83. The zero-order valence-corrected chi connectivity index (χ0v) is 13.4. The van der Waals surface area contributed by atoms with Gasteiger partial charge in [-0.1, -0.05) is 44.2 Å². The molecule has 114 valence electrons. The molecule has 0 saturated carbocycles. The minimum atomic E-state index is -0.274. The lowest BCUT2D eigenvalue weighted by Crippen LogP contribution is -2.02. The number of hydrogen-bond donors (Lipinski definition) is 1. The van der Waals surface area contributed by atoms with Crippen LogP contribution in [0.5, 0.6) is 0 Å². The van der Waals surface area contributed by atoms with E-state index in [0.29, 0.717) is 11.6 Å². The fourth-order valence-electron chi connectivity index (χ4n) is 2.49. The summed E-state index contributed by atoms with van der Waals surface area (Å²) in [5.41, 5.74) is 4.74. The maximum absolute atomic E-state index is 13.0. The average molecular weight is 295 g/mol. The van der Waals surface area contributed by atoms with Crippen molar-refractivity contribution in [2.45, 2.75) is 33.1 Å².